The van der Waals surface area contributed by atoms with Crippen molar-refractivity contribution in [1.29, 1.82) is 0 Å². The minimum absolute atomic E-state index is 0.100. The molecule has 0 bridgehead atoms. The van der Waals surface area contributed by atoms with Gasteiger partial charge >= 0.3 is 0 Å². The van der Waals surface area contributed by atoms with Gasteiger partial charge in [0.05, 0.1) is 13.2 Å². The Hall–Kier alpha value is -1.94. The number of rotatable bonds is 5. The minimum Gasteiger partial charge on any atom is -0.497 e. The molecule has 0 spiro atoms. The molecule has 2 aromatic rings. The zero-order valence-electron chi connectivity index (χ0n) is 16.7. The number of hydrogen-bond acceptors (Lipinski definition) is 2. The summed E-state index contributed by atoms with van der Waals surface area (Å²) in [6.45, 7) is 9.05. The van der Waals surface area contributed by atoms with Crippen molar-refractivity contribution in [3.63, 3.8) is 0 Å². The molecule has 0 N–H and O–H groups in total. The van der Waals surface area contributed by atoms with E-state index in [4.69, 9.17) is 9.47 Å². The van der Waals surface area contributed by atoms with E-state index in [9.17, 15) is 8.78 Å². The van der Waals surface area contributed by atoms with E-state index >= 15 is 0 Å². The summed E-state index contributed by atoms with van der Waals surface area (Å²) in [6, 6.07) is 7.89. The van der Waals surface area contributed by atoms with Crippen molar-refractivity contribution in [2.45, 2.75) is 46.6 Å². The summed E-state index contributed by atoms with van der Waals surface area (Å²) in [5.74, 6) is 0.157. The Morgan fingerprint density at radius 3 is 2.44 bits per heavy atom. The van der Waals surface area contributed by atoms with E-state index in [2.05, 4.69) is 27.7 Å². The van der Waals surface area contributed by atoms with Crippen molar-refractivity contribution in [2.75, 3.05) is 13.7 Å². The van der Waals surface area contributed by atoms with Gasteiger partial charge in [0.15, 0.2) is 0 Å². The van der Waals surface area contributed by atoms with Gasteiger partial charge in [-0.25, -0.2) is 8.78 Å². The monoisotopic (exact) mass is 374 g/mol. The molecule has 0 aromatic heterocycles. The first-order valence-corrected chi connectivity index (χ1v) is 9.50. The first-order valence-electron chi connectivity index (χ1n) is 9.50. The van der Waals surface area contributed by atoms with E-state index in [0.717, 1.165) is 12.0 Å². The Balaban J connectivity index is 2.22. The molecule has 27 heavy (non-hydrogen) atoms. The Morgan fingerprint density at radius 2 is 1.85 bits per heavy atom. The van der Waals surface area contributed by atoms with Crippen molar-refractivity contribution >= 4 is 0 Å². The van der Waals surface area contributed by atoms with Gasteiger partial charge in [0.1, 0.15) is 17.4 Å². The molecule has 146 valence electrons. The van der Waals surface area contributed by atoms with Crippen LogP contribution in [0.2, 0.25) is 0 Å². The Labute approximate surface area is 160 Å². The first-order chi connectivity index (χ1) is 12.7. The normalized spacial score (nSPS) is 18.9. The molecular formula is C23H28F2O2. The second-order valence-corrected chi connectivity index (χ2v) is 8.46. The molecule has 2 nitrogen and oxygen atoms in total. The molecule has 1 fully saturated rings. The third kappa shape index (κ3) is 4.01. The van der Waals surface area contributed by atoms with Crippen molar-refractivity contribution < 1.29 is 18.3 Å². The quantitative estimate of drug-likeness (QED) is 0.609. The lowest BCUT2D eigenvalue weighted by Crippen LogP contribution is -2.18. The van der Waals surface area contributed by atoms with E-state index in [1.807, 2.05) is 6.07 Å². The van der Waals surface area contributed by atoms with Crippen LogP contribution in [0.5, 0.6) is 5.75 Å². The summed E-state index contributed by atoms with van der Waals surface area (Å²) in [5, 5.41) is 0. The van der Waals surface area contributed by atoms with Crippen LogP contribution < -0.4 is 4.74 Å². The Morgan fingerprint density at radius 1 is 1.11 bits per heavy atom. The largest absolute Gasteiger partial charge is 0.497 e. The smallest absolute Gasteiger partial charge is 0.131 e. The molecule has 1 saturated heterocycles. The van der Waals surface area contributed by atoms with Gasteiger partial charge in [-0.2, -0.15) is 0 Å². The van der Waals surface area contributed by atoms with Gasteiger partial charge in [-0.15, -0.1) is 0 Å². The van der Waals surface area contributed by atoms with E-state index in [1.54, 1.807) is 12.1 Å². The second kappa shape index (κ2) is 7.59. The van der Waals surface area contributed by atoms with Gasteiger partial charge in [0, 0.05) is 12.2 Å². The number of ether oxygens (including phenoxy) is 2. The summed E-state index contributed by atoms with van der Waals surface area (Å²) in [4.78, 5) is 0. The van der Waals surface area contributed by atoms with Crippen LogP contribution in [0.4, 0.5) is 8.78 Å². The Kier molecular flexibility index (Phi) is 5.57. The first kappa shape index (κ1) is 19.8. The lowest BCUT2D eigenvalue weighted by Gasteiger charge is -2.28. The lowest BCUT2D eigenvalue weighted by molar-refractivity contribution is 0.0639. The van der Waals surface area contributed by atoms with Crippen LogP contribution in [0, 0.1) is 23.0 Å². The highest BCUT2D eigenvalue weighted by atomic mass is 19.1. The predicted octanol–water partition coefficient (Wildman–Crippen LogP) is 6.33. The topological polar surface area (TPSA) is 18.5 Å². The van der Waals surface area contributed by atoms with Crippen molar-refractivity contribution in [3.05, 3.63) is 53.1 Å². The van der Waals surface area contributed by atoms with Crippen molar-refractivity contribution in [1.82, 2.24) is 0 Å². The molecule has 0 unspecified atom stereocenters. The van der Waals surface area contributed by atoms with Gasteiger partial charge in [0.2, 0.25) is 0 Å². The third-order valence-electron chi connectivity index (χ3n) is 5.33. The van der Waals surface area contributed by atoms with Gasteiger partial charge in [-0.05, 0) is 71.2 Å². The molecule has 2 aromatic carbocycles. The maximum absolute atomic E-state index is 14.9. The number of hydrogen-bond donors (Lipinski definition) is 0. The molecule has 0 amide bonds. The van der Waals surface area contributed by atoms with Crippen LogP contribution in [0.1, 0.15) is 51.3 Å². The average Bonchev–Trinajstić information content (AvgIpc) is 2.95. The fourth-order valence-corrected chi connectivity index (χ4v) is 3.83. The number of methoxy groups -OCH3 is 1. The van der Waals surface area contributed by atoms with Crippen molar-refractivity contribution in [2.24, 2.45) is 11.3 Å². The van der Waals surface area contributed by atoms with Gasteiger partial charge in [0.25, 0.3) is 0 Å². The van der Waals surface area contributed by atoms with Crippen LogP contribution in [0.25, 0.3) is 11.1 Å². The molecule has 0 saturated carbocycles. The molecule has 1 atom stereocenters. The standard InChI is InChI=1S/C23H28F2O2/c1-14(2)10-15-11-19(22-23(3,4)8-9-27-22)17(13-21(15)25)18-12-16(26-5)6-7-20(18)24/h6-7,11-14,22H,8-10H2,1-5H3/t22-/m0/s1. The van der Waals surface area contributed by atoms with Crippen LogP contribution >= 0.6 is 0 Å². The molecule has 0 aliphatic carbocycles. The minimum atomic E-state index is -0.399. The zero-order chi connectivity index (χ0) is 19.8. The SMILES string of the molecule is COc1ccc(F)c(-c2cc(F)c(CC(C)C)cc2[C@@H]2OCCC2(C)C)c1. The fraction of sp³-hybridized carbons (Fsp3) is 0.478. The van der Waals surface area contributed by atoms with Crippen LogP contribution in [-0.2, 0) is 11.2 Å². The summed E-state index contributed by atoms with van der Waals surface area (Å²) in [7, 11) is 1.54. The van der Waals surface area contributed by atoms with E-state index in [1.165, 1.54) is 19.2 Å². The van der Waals surface area contributed by atoms with E-state index in [-0.39, 0.29) is 17.3 Å². The second-order valence-electron chi connectivity index (χ2n) is 8.46. The summed E-state index contributed by atoms with van der Waals surface area (Å²) in [6.07, 6.45) is 1.34. The highest BCUT2D eigenvalue weighted by Gasteiger charge is 2.38. The highest BCUT2D eigenvalue weighted by molar-refractivity contribution is 5.71. The molecule has 4 heteroatoms. The summed E-state index contributed by atoms with van der Waals surface area (Å²) >= 11 is 0. The maximum Gasteiger partial charge on any atom is 0.131 e. The maximum atomic E-state index is 14.9. The van der Waals surface area contributed by atoms with Gasteiger partial charge < -0.3 is 9.47 Å². The zero-order valence-corrected chi connectivity index (χ0v) is 16.7. The van der Waals surface area contributed by atoms with Gasteiger partial charge in [-0.1, -0.05) is 27.7 Å². The fourth-order valence-electron chi connectivity index (χ4n) is 3.83. The highest BCUT2D eigenvalue weighted by Crippen LogP contribution is 2.48. The van der Waals surface area contributed by atoms with Gasteiger partial charge in [-0.3, -0.25) is 0 Å². The summed E-state index contributed by atoms with van der Waals surface area (Å²) < 4.78 is 40.8. The molecule has 1 aliphatic heterocycles. The third-order valence-corrected chi connectivity index (χ3v) is 5.33. The van der Waals surface area contributed by atoms with Crippen LogP contribution in [0.3, 0.4) is 0 Å². The summed E-state index contributed by atoms with van der Waals surface area (Å²) in [5.41, 5.74) is 2.28. The predicted molar refractivity (Wildman–Crippen MR) is 104 cm³/mol. The molecular weight excluding hydrogens is 346 g/mol. The average molecular weight is 374 g/mol. The number of benzene rings is 2. The van der Waals surface area contributed by atoms with Crippen molar-refractivity contribution in [3.8, 4) is 16.9 Å². The van der Waals surface area contributed by atoms with Crippen LogP contribution in [0.15, 0.2) is 30.3 Å². The number of halogens is 2. The van der Waals surface area contributed by atoms with Crippen LogP contribution in [-0.4, -0.2) is 13.7 Å². The van der Waals surface area contributed by atoms with E-state index in [0.29, 0.717) is 41.4 Å². The molecule has 1 aliphatic rings. The molecule has 0 radical (unpaired) electrons. The molecule has 1 heterocycles. The van der Waals surface area contributed by atoms with E-state index < -0.39 is 5.82 Å². The molecule has 3 rings (SSSR count). The Bertz CT molecular complexity index is 827. The lowest BCUT2D eigenvalue weighted by atomic mass is 9.79.